The van der Waals surface area contributed by atoms with Gasteiger partial charge in [0.25, 0.3) is 5.91 Å². The summed E-state index contributed by atoms with van der Waals surface area (Å²) in [6.45, 7) is 8.38. The van der Waals surface area contributed by atoms with Crippen LogP contribution >= 0.6 is 0 Å². The fraction of sp³-hybridized carbons (Fsp3) is 0.333. The maximum absolute atomic E-state index is 12.5. The Morgan fingerprint density at radius 1 is 1.08 bits per heavy atom. The Morgan fingerprint density at radius 3 is 2.12 bits per heavy atom. The average molecular weight is 377 g/mol. The maximum atomic E-state index is 12.5. The van der Waals surface area contributed by atoms with Crippen LogP contribution in [0.2, 0.25) is 0 Å². The second-order valence-electron chi connectivity index (χ2n) is 6.44. The van der Waals surface area contributed by atoms with E-state index in [1.807, 2.05) is 0 Å². The predicted octanol–water partition coefficient (Wildman–Crippen LogP) is 2.77. The van der Waals surface area contributed by atoms with Gasteiger partial charge in [-0.05, 0) is 64.4 Å². The largest absolute Gasteiger partial charge is 0.354 e. The van der Waals surface area contributed by atoms with Crippen LogP contribution in [-0.4, -0.2) is 31.1 Å². The molecule has 0 spiro atoms. The lowest BCUT2D eigenvalue weighted by Gasteiger charge is -2.10. The lowest BCUT2D eigenvalue weighted by atomic mass is 10.1. The van der Waals surface area contributed by atoms with Crippen LogP contribution in [0.25, 0.3) is 0 Å². The van der Waals surface area contributed by atoms with E-state index in [2.05, 4.69) is 15.0 Å². The summed E-state index contributed by atoms with van der Waals surface area (Å²) in [5.41, 5.74) is 2.51. The first-order valence-electron chi connectivity index (χ1n) is 8.16. The van der Waals surface area contributed by atoms with Crippen molar-refractivity contribution in [3.63, 3.8) is 0 Å². The molecule has 0 aliphatic heterocycles. The van der Waals surface area contributed by atoms with Gasteiger partial charge in [0.2, 0.25) is 10.0 Å². The topological polar surface area (TPSA) is 108 Å². The summed E-state index contributed by atoms with van der Waals surface area (Å²) in [7, 11) is -3.58. The zero-order valence-electron chi connectivity index (χ0n) is 15.4. The van der Waals surface area contributed by atoms with Crippen LogP contribution in [0.3, 0.4) is 0 Å². The van der Waals surface area contributed by atoms with Gasteiger partial charge in [-0.15, -0.1) is 0 Å². The van der Waals surface area contributed by atoms with Crippen molar-refractivity contribution in [2.45, 2.75) is 45.6 Å². The monoisotopic (exact) mass is 377 g/mol. The summed E-state index contributed by atoms with van der Waals surface area (Å²) in [5.74, 6) is -0.503. The Kier molecular flexibility index (Phi) is 5.68. The van der Waals surface area contributed by atoms with Gasteiger partial charge >= 0.3 is 0 Å². The third kappa shape index (κ3) is 4.20. The molecule has 0 unspecified atom stereocenters. The number of benzene rings is 1. The minimum atomic E-state index is -3.58. The second-order valence-corrected chi connectivity index (χ2v) is 8.15. The highest BCUT2D eigenvalue weighted by atomic mass is 32.2. The van der Waals surface area contributed by atoms with E-state index in [-0.39, 0.29) is 16.7 Å². The summed E-state index contributed by atoms with van der Waals surface area (Å²) in [6, 6.07) is 5.67. The number of rotatable bonds is 6. The molecule has 0 saturated carbocycles. The van der Waals surface area contributed by atoms with Crippen molar-refractivity contribution >= 4 is 27.4 Å². The van der Waals surface area contributed by atoms with E-state index in [4.69, 9.17) is 0 Å². The molecule has 1 amide bonds. The molecule has 0 fully saturated rings. The zero-order valence-corrected chi connectivity index (χ0v) is 16.2. The molecule has 26 heavy (non-hydrogen) atoms. The molecule has 2 aromatic rings. The van der Waals surface area contributed by atoms with E-state index >= 15 is 0 Å². The minimum absolute atomic E-state index is 0.109. The Bertz CT molecular complexity index is 942. The molecule has 1 aromatic heterocycles. The number of carbonyl (C=O) groups is 2. The molecule has 1 heterocycles. The van der Waals surface area contributed by atoms with Crippen LogP contribution in [0.4, 0.5) is 5.69 Å². The standard InChI is InChI=1S/C18H23N3O4S/c1-10(2)21-26(24,25)15-8-6-14(7-9-15)20-18(23)17-11(3)16(13(5)22)12(4)19-17/h6-10,19,21H,1-5H3,(H,20,23). The number of hydrogen-bond acceptors (Lipinski definition) is 4. The number of Topliss-reactive ketones (excluding diaryl/α,β-unsaturated/α-hetero) is 1. The highest BCUT2D eigenvalue weighted by Crippen LogP contribution is 2.20. The van der Waals surface area contributed by atoms with Crippen LogP contribution in [0.15, 0.2) is 29.2 Å². The van der Waals surface area contributed by atoms with Crippen molar-refractivity contribution in [1.29, 1.82) is 0 Å². The number of aromatic amines is 1. The minimum Gasteiger partial charge on any atom is -0.354 e. The Balaban J connectivity index is 2.21. The molecule has 0 bridgehead atoms. The molecular formula is C18H23N3O4S. The average Bonchev–Trinajstić information content (AvgIpc) is 2.81. The van der Waals surface area contributed by atoms with Gasteiger partial charge in [0, 0.05) is 23.0 Å². The van der Waals surface area contributed by atoms with Crippen LogP contribution in [0.5, 0.6) is 0 Å². The summed E-state index contributed by atoms with van der Waals surface area (Å²) in [6.07, 6.45) is 0. The highest BCUT2D eigenvalue weighted by Gasteiger charge is 2.20. The smallest absolute Gasteiger partial charge is 0.272 e. The van der Waals surface area contributed by atoms with Crippen LogP contribution in [0.1, 0.15) is 52.9 Å². The first kappa shape index (κ1) is 19.9. The first-order valence-corrected chi connectivity index (χ1v) is 9.65. The number of H-pyrrole nitrogens is 1. The number of anilines is 1. The highest BCUT2D eigenvalue weighted by molar-refractivity contribution is 7.89. The van der Waals surface area contributed by atoms with E-state index in [9.17, 15) is 18.0 Å². The Labute approximate surface area is 153 Å². The Hall–Kier alpha value is -2.45. The number of carbonyl (C=O) groups excluding carboxylic acids is 2. The fourth-order valence-electron chi connectivity index (χ4n) is 2.79. The third-order valence-electron chi connectivity index (χ3n) is 3.83. The number of hydrogen-bond donors (Lipinski definition) is 3. The molecule has 7 nitrogen and oxygen atoms in total. The molecule has 2 rings (SSSR count). The van der Waals surface area contributed by atoms with Crippen LogP contribution in [0, 0.1) is 13.8 Å². The lowest BCUT2D eigenvalue weighted by molar-refractivity contribution is 0.101. The SMILES string of the molecule is CC(=O)c1c(C)[nH]c(C(=O)Nc2ccc(S(=O)(=O)NC(C)C)cc2)c1C. The number of aryl methyl sites for hydroxylation is 1. The third-order valence-corrected chi connectivity index (χ3v) is 5.50. The number of aromatic nitrogens is 1. The molecule has 8 heteroatoms. The van der Waals surface area contributed by atoms with E-state index in [0.29, 0.717) is 28.2 Å². The van der Waals surface area contributed by atoms with Gasteiger partial charge in [0.15, 0.2) is 5.78 Å². The Morgan fingerprint density at radius 2 is 1.65 bits per heavy atom. The fourth-order valence-corrected chi connectivity index (χ4v) is 4.05. The van der Waals surface area contributed by atoms with E-state index in [0.717, 1.165) is 0 Å². The van der Waals surface area contributed by atoms with Gasteiger partial charge in [-0.25, -0.2) is 13.1 Å². The first-order chi connectivity index (χ1) is 12.0. The number of nitrogens with one attached hydrogen (secondary N) is 3. The van der Waals surface area contributed by atoms with E-state index < -0.39 is 15.9 Å². The summed E-state index contributed by atoms with van der Waals surface area (Å²) in [5, 5.41) is 2.70. The second kappa shape index (κ2) is 7.43. The molecule has 1 aromatic carbocycles. The molecule has 140 valence electrons. The summed E-state index contributed by atoms with van der Waals surface area (Å²) in [4.78, 5) is 27.2. The van der Waals surface area contributed by atoms with Gasteiger partial charge in [-0.2, -0.15) is 0 Å². The van der Waals surface area contributed by atoms with E-state index in [1.54, 1.807) is 27.7 Å². The van der Waals surface area contributed by atoms with Gasteiger partial charge < -0.3 is 10.3 Å². The van der Waals surface area contributed by atoms with Crippen molar-refractivity contribution in [3.8, 4) is 0 Å². The number of amides is 1. The quantitative estimate of drug-likeness (QED) is 0.673. The van der Waals surface area contributed by atoms with Crippen molar-refractivity contribution in [2.24, 2.45) is 0 Å². The maximum Gasteiger partial charge on any atom is 0.272 e. The van der Waals surface area contributed by atoms with Crippen molar-refractivity contribution in [2.75, 3.05) is 5.32 Å². The van der Waals surface area contributed by atoms with Crippen LogP contribution < -0.4 is 10.0 Å². The number of ketones is 1. The van der Waals surface area contributed by atoms with Crippen molar-refractivity contribution in [3.05, 3.63) is 46.8 Å². The van der Waals surface area contributed by atoms with Gasteiger partial charge in [0.05, 0.1) is 4.90 Å². The zero-order chi connectivity index (χ0) is 19.6. The summed E-state index contributed by atoms with van der Waals surface area (Å²) >= 11 is 0. The number of sulfonamides is 1. The van der Waals surface area contributed by atoms with Crippen molar-refractivity contribution < 1.29 is 18.0 Å². The van der Waals surface area contributed by atoms with Crippen LogP contribution in [-0.2, 0) is 10.0 Å². The molecule has 0 aliphatic carbocycles. The van der Waals surface area contributed by atoms with Gasteiger partial charge in [0.1, 0.15) is 5.69 Å². The molecule has 0 aliphatic rings. The predicted molar refractivity (Wildman–Crippen MR) is 100 cm³/mol. The molecule has 0 atom stereocenters. The molecular weight excluding hydrogens is 354 g/mol. The molecule has 0 saturated heterocycles. The molecule has 0 radical (unpaired) electrons. The molecule has 3 N–H and O–H groups in total. The lowest BCUT2D eigenvalue weighted by Crippen LogP contribution is -2.30. The summed E-state index contributed by atoms with van der Waals surface area (Å²) < 4.78 is 26.7. The van der Waals surface area contributed by atoms with Crippen molar-refractivity contribution in [1.82, 2.24) is 9.71 Å². The van der Waals surface area contributed by atoms with Gasteiger partial charge in [-0.1, -0.05) is 0 Å². The van der Waals surface area contributed by atoms with Gasteiger partial charge in [-0.3, -0.25) is 9.59 Å². The normalized spacial score (nSPS) is 11.6. The van der Waals surface area contributed by atoms with E-state index in [1.165, 1.54) is 31.2 Å².